The molecule has 1 heterocycles. The molecule has 0 radical (unpaired) electrons. The fraction of sp³-hybridized carbons (Fsp3) is 1.00. The maximum Gasteiger partial charge on any atom is 0.151 e. The summed E-state index contributed by atoms with van der Waals surface area (Å²) in [7, 11) is -2.83. The Morgan fingerprint density at radius 1 is 1.22 bits per heavy atom. The van der Waals surface area contributed by atoms with Crippen molar-refractivity contribution in [2.75, 3.05) is 37.7 Å². The number of piperazine rings is 1. The molecule has 18 heavy (non-hydrogen) atoms. The molecule has 0 atom stereocenters. The van der Waals surface area contributed by atoms with E-state index >= 15 is 0 Å². The van der Waals surface area contributed by atoms with Gasteiger partial charge < -0.3 is 5.32 Å². The minimum absolute atomic E-state index is 0.298. The molecule has 1 spiro atoms. The maximum absolute atomic E-state index is 11.7. The van der Waals surface area contributed by atoms with E-state index in [9.17, 15) is 8.42 Å². The lowest BCUT2D eigenvalue weighted by Crippen LogP contribution is -2.59. The summed E-state index contributed by atoms with van der Waals surface area (Å²) in [6, 6.07) is 0. The van der Waals surface area contributed by atoms with Crippen LogP contribution in [0.5, 0.6) is 0 Å². The first kappa shape index (κ1) is 14.3. The lowest BCUT2D eigenvalue weighted by atomic mass is 9.95. The van der Waals surface area contributed by atoms with Gasteiger partial charge in [0.05, 0.1) is 5.75 Å². The van der Waals surface area contributed by atoms with Crippen LogP contribution in [-0.2, 0) is 9.84 Å². The van der Waals surface area contributed by atoms with Gasteiger partial charge >= 0.3 is 0 Å². The molecule has 106 valence electrons. The zero-order valence-corrected chi connectivity index (χ0v) is 12.3. The van der Waals surface area contributed by atoms with Crippen LogP contribution < -0.4 is 5.32 Å². The van der Waals surface area contributed by atoms with Gasteiger partial charge in [-0.15, -0.1) is 0 Å². The van der Waals surface area contributed by atoms with Gasteiger partial charge in [-0.25, -0.2) is 8.42 Å². The van der Waals surface area contributed by atoms with Gasteiger partial charge in [0.15, 0.2) is 9.84 Å². The Bertz CT molecular complexity index is 361. The van der Waals surface area contributed by atoms with Crippen LogP contribution in [0.1, 0.15) is 39.0 Å². The SMILES string of the molecule is CCCS(=O)(=O)CCN1CCNC2(CCCC2)C1. The molecule has 0 amide bonds. The van der Waals surface area contributed by atoms with Crippen molar-refractivity contribution in [3.05, 3.63) is 0 Å². The summed E-state index contributed by atoms with van der Waals surface area (Å²) >= 11 is 0. The summed E-state index contributed by atoms with van der Waals surface area (Å²) in [5.74, 6) is 0.668. The summed E-state index contributed by atoms with van der Waals surface area (Å²) in [5, 5.41) is 3.66. The monoisotopic (exact) mass is 274 g/mol. The van der Waals surface area contributed by atoms with Gasteiger partial charge in [-0.05, 0) is 19.3 Å². The Labute approximate surface area is 111 Å². The second kappa shape index (κ2) is 5.88. The normalized spacial score (nSPS) is 24.7. The third-order valence-electron chi connectivity index (χ3n) is 4.25. The van der Waals surface area contributed by atoms with Crippen LogP contribution in [0.25, 0.3) is 0 Å². The smallest absolute Gasteiger partial charge is 0.151 e. The summed E-state index contributed by atoms with van der Waals surface area (Å²) in [5.41, 5.74) is 0.298. The Morgan fingerprint density at radius 2 is 1.94 bits per heavy atom. The number of nitrogens with zero attached hydrogens (tertiary/aromatic N) is 1. The molecule has 1 N–H and O–H groups in total. The Kier molecular flexibility index (Phi) is 4.67. The molecule has 0 aromatic heterocycles. The molecule has 0 unspecified atom stereocenters. The minimum atomic E-state index is -2.83. The van der Waals surface area contributed by atoms with E-state index in [1.165, 1.54) is 25.7 Å². The van der Waals surface area contributed by atoms with E-state index in [0.29, 0.717) is 23.6 Å². The molecule has 0 bridgehead atoms. The minimum Gasteiger partial charge on any atom is -0.309 e. The standard InChI is InChI=1S/C13H26N2O2S/c1-2-10-18(16,17)11-9-15-8-7-14-13(12-15)5-3-4-6-13/h14H,2-12H2,1H3. The molecule has 1 aliphatic heterocycles. The van der Waals surface area contributed by atoms with Crippen molar-refractivity contribution in [1.82, 2.24) is 10.2 Å². The van der Waals surface area contributed by atoms with Crippen molar-refractivity contribution in [2.24, 2.45) is 0 Å². The Morgan fingerprint density at radius 3 is 2.61 bits per heavy atom. The fourth-order valence-electron chi connectivity index (χ4n) is 3.30. The Balaban J connectivity index is 1.83. The van der Waals surface area contributed by atoms with Gasteiger partial charge in [0.2, 0.25) is 0 Å². The second-order valence-electron chi connectivity index (χ2n) is 5.84. The number of rotatable bonds is 5. The molecule has 0 aromatic rings. The average Bonchev–Trinajstić information content (AvgIpc) is 2.75. The van der Waals surface area contributed by atoms with Crippen LogP contribution in [0.4, 0.5) is 0 Å². The summed E-state index contributed by atoms with van der Waals surface area (Å²) in [4.78, 5) is 2.34. The van der Waals surface area contributed by atoms with E-state index in [1.54, 1.807) is 0 Å². The van der Waals surface area contributed by atoms with E-state index in [2.05, 4.69) is 10.2 Å². The van der Waals surface area contributed by atoms with Crippen molar-refractivity contribution < 1.29 is 8.42 Å². The van der Waals surface area contributed by atoms with Crippen LogP contribution in [0.3, 0.4) is 0 Å². The number of nitrogens with one attached hydrogen (secondary N) is 1. The number of hydrogen-bond acceptors (Lipinski definition) is 4. The molecule has 2 aliphatic rings. The lowest BCUT2D eigenvalue weighted by molar-refractivity contribution is 0.141. The van der Waals surface area contributed by atoms with Crippen LogP contribution >= 0.6 is 0 Å². The molecule has 2 fully saturated rings. The van der Waals surface area contributed by atoms with Crippen LogP contribution in [0.2, 0.25) is 0 Å². The first-order valence-corrected chi connectivity index (χ1v) is 9.05. The van der Waals surface area contributed by atoms with Crippen molar-refractivity contribution in [2.45, 2.75) is 44.6 Å². The highest BCUT2D eigenvalue weighted by Crippen LogP contribution is 2.31. The average molecular weight is 274 g/mol. The fourth-order valence-corrected chi connectivity index (χ4v) is 4.66. The predicted octanol–water partition coefficient (Wildman–Crippen LogP) is 1.03. The van der Waals surface area contributed by atoms with E-state index in [0.717, 1.165) is 26.1 Å². The number of hydrogen-bond donors (Lipinski definition) is 1. The highest BCUT2D eigenvalue weighted by Gasteiger charge is 2.37. The summed E-state index contributed by atoms with van der Waals surface area (Å²) in [6.07, 6.45) is 5.87. The predicted molar refractivity (Wildman–Crippen MR) is 74.6 cm³/mol. The third-order valence-corrected chi connectivity index (χ3v) is 6.08. The molecular formula is C13H26N2O2S. The first-order valence-electron chi connectivity index (χ1n) is 7.23. The quantitative estimate of drug-likeness (QED) is 0.813. The largest absolute Gasteiger partial charge is 0.309 e. The lowest BCUT2D eigenvalue weighted by Gasteiger charge is -2.41. The Hall–Kier alpha value is -0.130. The van der Waals surface area contributed by atoms with Gasteiger partial charge in [-0.1, -0.05) is 19.8 Å². The van der Waals surface area contributed by atoms with Gasteiger partial charge in [0.1, 0.15) is 0 Å². The molecule has 4 nitrogen and oxygen atoms in total. The van der Waals surface area contributed by atoms with Crippen LogP contribution in [0.15, 0.2) is 0 Å². The third kappa shape index (κ3) is 3.68. The van der Waals surface area contributed by atoms with Gasteiger partial charge in [-0.3, -0.25) is 4.90 Å². The molecule has 1 aliphatic carbocycles. The first-order chi connectivity index (χ1) is 8.55. The van der Waals surface area contributed by atoms with Gasteiger partial charge in [-0.2, -0.15) is 0 Å². The molecule has 1 saturated heterocycles. The van der Waals surface area contributed by atoms with Crippen LogP contribution in [-0.4, -0.2) is 56.5 Å². The van der Waals surface area contributed by atoms with E-state index in [-0.39, 0.29) is 0 Å². The van der Waals surface area contributed by atoms with Crippen LogP contribution in [0, 0.1) is 0 Å². The van der Waals surface area contributed by atoms with Crippen molar-refractivity contribution in [3.8, 4) is 0 Å². The van der Waals surface area contributed by atoms with E-state index in [1.807, 2.05) is 6.92 Å². The summed E-state index contributed by atoms with van der Waals surface area (Å²) in [6.45, 7) is 5.67. The van der Waals surface area contributed by atoms with Crippen molar-refractivity contribution in [1.29, 1.82) is 0 Å². The molecule has 0 aromatic carbocycles. The topological polar surface area (TPSA) is 49.4 Å². The van der Waals surface area contributed by atoms with Gasteiger partial charge in [0.25, 0.3) is 0 Å². The van der Waals surface area contributed by atoms with Crippen molar-refractivity contribution >= 4 is 9.84 Å². The van der Waals surface area contributed by atoms with E-state index < -0.39 is 9.84 Å². The second-order valence-corrected chi connectivity index (χ2v) is 8.15. The summed E-state index contributed by atoms with van der Waals surface area (Å²) < 4.78 is 23.5. The molecule has 5 heteroatoms. The highest BCUT2D eigenvalue weighted by molar-refractivity contribution is 7.91. The highest BCUT2D eigenvalue weighted by atomic mass is 32.2. The zero-order valence-electron chi connectivity index (χ0n) is 11.5. The maximum atomic E-state index is 11.7. The zero-order chi connectivity index (χ0) is 13.1. The van der Waals surface area contributed by atoms with Crippen molar-refractivity contribution in [3.63, 3.8) is 0 Å². The van der Waals surface area contributed by atoms with Gasteiger partial charge in [0, 0.05) is 37.5 Å². The molecule has 1 saturated carbocycles. The number of sulfone groups is 1. The molecular weight excluding hydrogens is 248 g/mol. The molecule has 2 rings (SSSR count). The van der Waals surface area contributed by atoms with E-state index in [4.69, 9.17) is 0 Å².